The highest BCUT2D eigenvalue weighted by Gasteiger charge is 2.19. The Labute approximate surface area is 155 Å². The van der Waals surface area contributed by atoms with Crippen molar-refractivity contribution in [1.29, 1.82) is 0 Å². The first-order valence-electron chi connectivity index (χ1n) is 8.08. The Morgan fingerprint density at radius 2 is 1.77 bits per heavy atom. The quantitative estimate of drug-likeness (QED) is 0.583. The first-order valence-corrected chi connectivity index (χ1v) is 8.46. The van der Waals surface area contributed by atoms with Gasteiger partial charge < -0.3 is 5.32 Å². The molecule has 0 saturated heterocycles. The summed E-state index contributed by atoms with van der Waals surface area (Å²) in [6.07, 6.45) is 1.76. The number of pyridine rings is 1. The molecule has 4 rings (SSSR count). The molecule has 2 aromatic carbocycles. The van der Waals surface area contributed by atoms with E-state index in [0.717, 1.165) is 16.9 Å². The Balaban J connectivity index is 1.74. The van der Waals surface area contributed by atoms with Crippen LogP contribution in [0.15, 0.2) is 79.0 Å². The number of nitrogens with one attached hydrogen (secondary N) is 1. The van der Waals surface area contributed by atoms with Crippen LogP contribution in [-0.4, -0.2) is 25.2 Å². The van der Waals surface area contributed by atoms with Gasteiger partial charge in [-0.25, -0.2) is 0 Å². The van der Waals surface area contributed by atoms with Gasteiger partial charge in [0.25, 0.3) is 0 Å². The molecular weight excluding hydrogens is 348 g/mol. The average Bonchev–Trinajstić information content (AvgIpc) is 3.16. The highest BCUT2D eigenvalue weighted by atomic mass is 35.5. The minimum atomic E-state index is -0.247. The normalized spacial score (nSPS) is 11.9. The van der Waals surface area contributed by atoms with Gasteiger partial charge in [-0.3, -0.25) is 4.98 Å². The van der Waals surface area contributed by atoms with E-state index in [0.29, 0.717) is 11.0 Å². The standard InChI is InChI=1S/C19H15ClN6/c20-15-8-6-7-14(13-15)18(17-11-4-5-12-21-17)22-19-23-24-25-26(19)16-9-2-1-3-10-16/h1-13,18H,(H,22,23,25). The van der Waals surface area contributed by atoms with Crippen LogP contribution in [0.25, 0.3) is 5.69 Å². The molecule has 0 amide bonds. The van der Waals surface area contributed by atoms with Crippen molar-refractivity contribution in [3.05, 3.63) is 95.3 Å². The molecule has 2 aromatic heterocycles. The summed E-state index contributed by atoms with van der Waals surface area (Å²) >= 11 is 6.19. The predicted octanol–water partition coefficient (Wildman–Crippen LogP) is 3.91. The van der Waals surface area contributed by atoms with Crippen molar-refractivity contribution in [2.45, 2.75) is 6.04 Å². The van der Waals surface area contributed by atoms with Gasteiger partial charge in [0.05, 0.1) is 17.4 Å². The zero-order valence-corrected chi connectivity index (χ0v) is 14.5. The van der Waals surface area contributed by atoms with Crippen LogP contribution in [0.4, 0.5) is 5.95 Å². The van der Waals surface area contributed by atoms with Crippen molar-refractivity contribution in [2.75, 3.05) is 5.32 Å². The summed E-state index contributed by atoms with van der Waals surface area (Å²) < 4.78 is 1.65. The zero-order chi connectivity index (χ0) is 17.8. The van der Waals surface area contributed by atoms with Crippen molar-refractivity contribution in [3.8, 4) is 5.69 Å². The molecule has 0 aliphatic carbocycles. The van der Waals surface area contributed by atoms with Crippen LogP contribution < -0.4 is 5.32 Å². The SMILES string of the molecule is Clc1cccc(C(Nc2nnnn2-c2ccccc2)c2ccccn2)c1. The predicted molar refractivity (Wildman–Crippen MR) is 100 cm³/mol. The monoisotopic (exact) mass is 362 g/mol. The third kappa shape index (κ3) is 3.41. The number of aromatic nitrogens is 5. The van der Waals surface area contributed by atoms with E-state index in [-0.39, 0.29) is 6.04 Å². The summed E-state index contributed by atoms with van der Waals surface area (Å²) in [5, 5.41) is 16.1. The van der Waals surface area contributed by atoms with E-state index in [9.17, 15) is 0 Å². The van der Waals surface area contributed by atoms with Crippen molar-refractivity contribution in [2.24, 2.45) is 0 Å². The number of hydrogen-bond acceptors (Lipinski definition) is 5. The van der Waals surface area contributed by atoms with Crippen LogP contribution in [0.3, 0.4) is 0 Å². The van der Waals surface area contributed by atoms with Gasteiger partial charge in [0.2, 0.25) is 5.95 Å². The Hall–Kier alpha value is -3.25. The highest BCUT2D eigenvalue weighted by Crippen LogP contribution is 2.27. The Morgan fingerprint density at radius 3 is 2.54 bits per heavy atom. The van der Waals surface area contributed by atoms with Crippen LogP contribution in [0.5, 0.6) is 0 Å². The molecular formula is C19H15ClN6. The van der Waals surface area contributed by atoms with E-state index in [2.05, 4.69) is 25.8 Å². The number of benzene rings is 2. The molecule has 0 spiro atoms. The lowest BCUT2D eigenvalue weighted by molar-refractivity contribution is 0.782. The lowest BCUT2D eigenvalue weighted by Gasteiger charge is -2.19. The largest absolute Gasteiger partial charge is 0.340 e. The number of hydrogen-bond donors (Lipinski definition) is 1. The fraction of sp³-hybridized carbons (Fsp3) is 0.0526. The fourth-order valence-electron chi connectivity index (χ4n) is 2.71. The Kier molecular flexibility index (Phi) is 4.57. The number of nitrogens with zero attached hydrogens (tertiary/aromatic N) is 5. The van der Waals surface area contributed by atoms with Gasteiger partial charge in [0.1, 0.15) is 0 Å². The second-order valence-corrected chi connectivity index (χ2v) is 6.07. The van der Waals surface area contributed by atoms with E-state index in [1.165, 1.54) is 0 Å². The number of anilines is 1. The highest BCUT2D eigenvalue weighted by molar-refractivity contribution is 6.30. The van der Waals surface area contributed by atoms with E-state index < -0.39 is 0 Å². The van der Waals surface area contributed by atoms with Crippen molar-refractivity contribution in [3.63, 3.8) is 0 Å². The van der Waals surface area contributed by atoms with Gasteiger partial charge in [-0.05, 0) is 52.4 Å². The van der Waals surface area contributed by atoms with Crippen LogP contribution in [0, 0.1) is 0 Å². The summed E-state index contributed by atoms with van der Waals surface area (Å²) in [6.45, 7) is 0. The molecule has 0 radical (unpaired) electrons. The second kappa shape index (κ2) is 7.33. The minimum absolute atomic E-state index is 0.247. The van der Waals surface area contributed by atoms with E-state index >= 15 is 0 Å². The molecule has 2 heterocycles. The first-order chi connectivity index (χ1) is 12.8. The van der Waals surface area contributed by atoms with Gasteiger partial charge in [-0.15, -0.1) is 0 Å². The maximum atomic E-state index is 6.19. The second-order valence-electron chi connectivity index (χ2n) is 5.64. The lowest BCUT2D eigenvalue weighted by Crippen LogP contribution is -2.17. The summed E-state index contributed by atoms with van der Waals surface area (Å²) in [4.78, 5) is 4.48. The van der Waals surface area contributed by atoms with Crippen LogP contribution >= 0.6 is 11.6 Å². The molecule has 0 aliphatic heterocycles. The molecule has 7 heteroatoms. The molecule has 0 aliphatic rings. The summed E-state index contributed by atoms with van der Waals surface area (Å²) in [5.74, 6) is 0.520. The molecule has 26 heavy (non-hydrogen) atoms. The van der Waals surface area contributed by atoms with Gasteiger partial charge in [-0.1, -0.05) is 53.1 Å². The molecule has 6 nitrogen and oxygen atoms in total. The van der Waals surface area contributed by atoms with Crippen LogP contribution in [0.2, 0.25) is 5.02 Å². The fourth-order valence-corrected chi connectivity index (χ4v) is 2.91. The molecule has 1 unspecified atom stereocenters. The van der Waals surface area contributed by atoms with E-state index in [4.69, 9.17) is 11.6 Å². The summed E-state index contributed by atoms with van der Waals surface area (Å²) in [6, 6.07) is 22.9. The molecule has 1 atom stereocenters. The Bertz CT molecular complexity index is 987. The van der Waals surface area contributed by atoms with Crippen molar-refractivity contribution < 1.29 is 0 Å². The van der Waals surface area contributed by atoms with Gasteiger partial charge in [0.15, 0.2) is 0 Å². The summed E-state index contributed by atoms with van der Waals surface area (Å²) in [7, 11) is 0. The van der Waals surface area contributed by atoms with Gasteiger partial charge in [0, 0.05) is 11.2 Å². The molecule has 4 aromatic rings. The maximum absolute atomic E-state index is 6.19. The molecule has 0 fully saturated rings. The number of para-hydroxylation sites is 1. The van der Waals surface area contributed by atoms with E-state index in [1.807, 2.05) is 72.8 Å². The smallest absolute Gasteiger partial charge is 0.248 e. The average molecular weight is 363 g/mol. The van der Waals surface area contributed by atoms with Crippen molar-refractivity contribution in [1.82, 2.24) is 25.2 Å². The lowest BCUT2D eigenvalue weighted by atomic mass is 10.0. The molecule has 128 valence electrons. The zero-order valence-electron chi connectivity index (χ0n) is 13.7. The van der Waals surface area contributed by atoms with Gasteiger partial charge in [-0.2, -0.15) is 4.68 Å². The summed E-state index contributed by atoms with van der Waals surface area (Å²) in [5.41, 5.74) is 2.68. The number of rotatable bonds is 5. The first kappa shape index (κ1) is 16.2. The Morgan fingerprint density at radius 1 is 0.923 bits per heavy atom. The van der Waals surface area contributed by atoms with Crippen molar-refractivity contribution >= 4 is 17.5 Å². The number of tetrazole rings is 1. The maximum Gasteiger partial charge on any atom is 0.248 e. The van der Waals surface area contributed by atoms with Crippen LogP contribution in [0.1, 0.15) is 17.3 Å². The van der Waals surface area contributed by atoms with E-state index in [1.54, 1.807) is 10.9 Å². The van der Waals surface area contributed by atoms with Crippen LogP contribution in [-0.2, 0) is 0 Å². The minimum Gasteiger partial charge on any atom is -0.340 e. The molecule has 0 saturated carbocycles. The third-order valence-electron chi connectivity index (χ3n) is 3.91. The third-order valence-corrected chi connectivity index (χ3v) is 4.14. The number of halogens is 1. The van der Waals surface area contributed by atoms with Gasteiger partial charge >= 0.3 is 0 Å². The molecule has 1 N–H and O–H groups in total. The molecule has 0 bridgehead atoms. The topological polar surface area (TPSA) is 68.5 Å².